The second kappa shape index (κ2) is 4.99. The van der Waals surface area contributed by atoms with Crippen molar-refractivity contribution < 1.29 is 4.42 Å². The predicted molar refractivity (Wildman–Crippen MR) is 64.1 cm³/mol. The number of rotatable bonds is 3. The van der Waals surface area contributed by atoms with Crippen LogP contribution in [0, 0.1) is 0 Å². The van der Waals surface area contributed by atoms with Gasteiger partial charge in [-0.2, -0.15) is 0 Å². The molecule has 0 spiro atoms. The molecule has 4 nitrogen and oxygen atoms in total. The van der Waals surface area contributed by atoms with Crippen LogP contribution in [0.4, 0.5) is 0 Å². The van der Waals surface area contributed by atoms with Gasteiger partial charge in [0.2, 0.25) is 0 Å². The molecule has 2 N–H and O–H groups in total. The van der Waals surface area contributed by atoms with Crippen LogP contribution >= 0.6 is 0 Å². The molecule has 90 valence electrons. The van der Waals surface area contributed by atoms with E-state index >= 15 is 0 Å². The number of hydrogen-bond donors (Lipinski definition) is 1. The van der Waals surface area contributed by atoms with E-state index in [4.69, 9.17) is 10.2 Å². The van der Waals surface area contributed by atoms with Crippen LogP contribution < -0.4 is 5.73 Å². The first-order chi connectivity index (χ1) is 7.70. The van der Waals surface area contributed by atoms with Gasteiger partial charge in [-0.3, -0.25) is 9.80 Å². The fourth-order valence-corrected chi connectivity index (χ4v) is 2.35. The van der Waals surface area contributed by atoms with E-state index in [0.717, 1.165) is 31.9 Å². The number of nitrogens with zero attached hydrogens (tertiary/aromatic N) is 2. The molecular formula is C12H21N3O. The highest BCUT2D eigenvalue weighted by Crippen LogP contribution is 2.16. The fraction of sp³-hybridized carbons (Fsp3) is 0.667. The fourth-order valence-electron chi connectivity index (χ4n) is 2.35. The van der Waals surface area contributed by atoms with Gasteiger partial charge < -0.3 is 10.2 Å². The number of hydrogen-bond acceptors (Lipinski definition) is 4. The molecule has 2 unspecified atom stereocenters. The molecule has 0 aromatic carbocycles. The van der Waals surface area contributed by atoms with Gasteiger partial charge in [0.15, 0.2) is 0 Å². The molecule has 1 fully saturated rings. The Labute approximate surface area is 97.0 Å². The van der Waals surface area contributed by atoms with Gasteiger partial charge in [-0.15, -0.1) is 0 Å². The monoisotopic (exact) mass is 223 g/mol. The van der Waals surface area contributed by atoms with E-state index in [9.17, 15) is 0 Å². The first kappa shape index (κ1) is 11.6. The molecule has 1 aliphatic rings. The molecule has 2 atom stereocenters. The molecule has 0 saturated carbocycles. The van der Waals surface area contributed by atoms with Crippen LogP contribution in [0.2, 0.25) is 0 Å². The molecule has 4 heteroatoms. The quantitative estimate of drug-likeness (QED) is 0.821. The molecule has 1 aromatic rings. The Hall–Kier alpha value is -0.840. The summed E-state index contributed by atoms with van der Waals surface area (Å²) in [5.41, 5.74) is 5.78. The highest BCUT2D eigenvalue weighted by molar-refractivity contribution is 4.99. The van der Waals surface area contributed by atoms with Gasteiger partial charge in [0.25, 0.3) is 0 Å². The smallest absolute Gasteiger partial charge is 0.117 e. The Balaban J connectivity index is 1.98. The van der Waals surface area contributed by atoms with Crippen LogP contribution in [-0.4, -0.2) is 48.6 Å². The third kappa shape index (κ3) is 2.45. The third-order valence-electron chi connectivity index (χ3n) is 3.46. The number of furan rings is 1. The average Bonchev–Trinajstić information content (AvgIpc) is 2.75. The normalized spacial score (nSPS) is 28.4. The topological polar surface area (TPSA) is 45.6 Å². The van der Waals surface area contributed by atoms with Crippen LogP contribution in [-0.2, 0) is 6.54 Å². The van der Waals surface area contributed by atoms with Crippen LogP contribution in [0.25, 0.3) is 0 Å². The lowest BCUT2D eigenvalue weighted by atomic mass is 10.1. The van der Waals surface area contributed by atoms with E-state index in [1.54, 1.807) is 6.26 Å². The minimum atomic E-state index is 0.464. The first-order valence-corrected chi connectivity index (χ1v) is 5.87. The van der Waals surface area contributed by atoms with Crippen LogP contribution in [0.1, 0.15) is 12.7 Å². The van der Waals surface area contributed by atoms with Gasteiger partial charge in [0.1, 0.15) is 5.76 Å². The number of piperazine rings is 1. The Morgan fingerprint density at radius 2 is 2.31 bits per heavy atom. The second-order valence-corrected chi connectivity index (χ2v) is 4.69. The summed E-state index contributed by atoms with van der Waals surface area (Å²) in [5.74, 6) is 1.03. The Morgan fingerprint density at radius 1 is 1.50 bits per heavy atom. The Morgan fingerprint density at radius 3 is 2.94 bits per heavy atom. The summed E-state index contributed by atoms with van der Waals surface area (Å²) in [6.07, 6.45) is 1.73. The van der Waals surface area contributed by atoms with Crippen molar-refractivity contribution in [3.8, 4) is 0 Å². The molecular weight excluding hydrogens is 202 g/mol. The molecule has 0 aliphatic carbocycles. The van der Waals surface area contributed by atoms with E-state index in [0.29, 0.717) is 12.1 Å². The standard InChI is InChI=1S/C12H21N3O/c1-10-7-14(2)11(6-13)8-15(10)9-12-4-3-5-16-12/h3-5,10-11H,6-9,13H2,1-2H3. The van der Waals surface area contributed by atoms with E-state index in [-0.39, 0.29) is 0 Å². The van der Waals surface area contributed by atoms with Crippen molar-refractivity contribution in [1.82, 2.24) is 9.80 Å². The maximum absolute atomic E-state index is 5.78. The van der Waals surface area contributed by atoms with E-state index < -0.39 is 0 Å². The minimum Gasteiger partial charge on any atom is -0.468 e. The molecule has 2 rings (SSSR count). The molecule has 1 saturated heterocycles. The van der Waals surface area contributed by atoms with Crippen molar-refractivity contribution in [2.75, 3.05) is 26.7 Å². The van der Waals surface area contributed by atoms with Crippen molar-refractivity contribution in [2.24, 2.45) is 5.73 Å². The number of nitrogens with two attached hydrogens (primary N) is 1. The van der Waals surface area contributed by atoms with Gasteiger partial charge in [0, 0.05) is 31.7 Å². The molecule has 0 amide bonds. The lowest BCUT2D eigenvalue weighted by Gasteiger charge is -2.43. The predicted octanol–water partition coefficient (Wildman–Crippen LogP) is 0.743. The Kier molecular flexibility index (Phi) is 3.63. The molecule has 1 aromatic heterocycles. The van der Waals surface area contributed by atoms with E-state index in [1.807, 2.05) is 12.1 Å². The van der Waals surface area contributed by atoms with Crippen molar-refractivity contribution in [3.05, 3.63) is 24.2 Å². The van der Waals surface area contributed by atoms with Gasteiger partial charge in [-0.25, -0.2) is 0 Å². The van der Waals surface area contributed by atoms with Crippen molar-refractivity contribution in [1.29, 1.82) is 0 Å². The SMILES string of the molecule is CC1CN(C)C(CN)CN1Cc1ccco1. The zero-order valence-electron chi connectivity index (χ0n) is 10.1. The average molecular weight is 223 g/mol. The zero-order chi connectivity index (χ0) is 11.5. The van der Waals surface area contributed by atoms with Crippen LogP contribution in [0.3, 0.4) is 0 Å². The molecule has 0 radical (unpaired) electrons. The summed E-state index contributed by atoms with van der Waals surface area (Å²) in [5, 5.41) is 0. The second-order valence-electron chi connectivity index (χ2n) is 4.69. The summed E-state index contributed by atoms with van der Waals surface area (Å²) in [6, 6.07) is 4.99. The maximum Gasteiger partial charge on any atom is 0.117 e. The summed E-state index contributed by atoms with van der Waals surface area (Å²) in [4.78, 5) is 4.79. The first-order valence-electron chi connectivity index (χ1n) is 5.87. The Bertz CT molecular complexity index is 312. The van der Waals surface area contributed by atoms with Gasteiger partial charge in [-0.1, -0.05) is 0 Å². The van der Waals surface area contributed by atoms with Gasteiger partial charge in [0.05, 0.1) is 12.8 Å². The minimum absolute atomic E-state index is 0.464. The lowest BCUT2D eigenvalue weighted by molar-refractivity contribution is 0.0460. The highest BCUT2D eigenvalue weighted by atomic mass is 16.3. The van der Waals surface area contributed by atoms with Crippen molar-refractivity contribution in [3.63, 3.8) is 0 Å². The third-order valence-corrected chi connectivity index (χ3v) is 3.46. The highest BCUT2D eigenvalue weighted by Gasteiger charge is 2.28. The summed E-state index contributed by atoms with van der Waals surface area (Å²) in [7, 11) is 2.15. The summed E-state index contributed by atoms with van der Waals surface area (Å²) >= 11 is 0. The maximum atomic E-state index is 5.78. The van der Waals surface area contributed by atoms with Gasteiger partial charge in [-0.05, 0) is 26.1 Å². The van der Waals surface area contributed by atoms with Crippen molar-refractivity contribution in [2.45, 2.75) is 25.6 Å². The largest absolute Gasteiger partial charge is 0.468 e. The van der Waals surface area contributed by atoms with Gasteiger partial charge >= 0.3 is 0 Å². The summed E-state index contributed by atoms with van der Waals surface area (Å²) < 4.78 is 5.39. The van der Waals surface area contributed by atoms with E-state index in [2.05, 4.69) is 23.8 Å². The van der Waals surface area contributed by atoms with Crippen LogP contribution in [0.5, 0.6) is 0 Å². The molecule has 1 aliphatic heterocycles. The summed E-state index contributed by atoms with van der Waals surface area (Å²) in [6.45, 7) is 5.96. The molecule has 16 heavy (non-hydrogen) atoms. The molecule has 0 bridgehead atoms. The zero-order valence-corrected chi connectivity index (χ0v) is 10.1. The van der Waals surface area contributed by atoms with Crippen LogP contribution in [0.15, 0.2) is 22.8 Å². The molecule has 2 heterocycles. The number of likely N-dealkylation sites (N-methyl/N-ethyl adjacent to an activating group) is 1. The van der Waals surface area contributed by atoms with E-state index in [1.165, 1.54) is 0 Å². The van der Waals surface area contributed by atoms with Crippen molar-refractivity contribution >= 4 is 0 Å². The lowest BCUT2D eigenvalue weighted by Crippen LogP contribution is -2.57.